The number of nitrogens with one attached hydrogen (secondary N) is 1. The number of carbonyl (C=O) groups is 1. The Kier molecular flexibility index (Phi) is 9.35. The number of hydrogen-bond donors (Lipinski definition) is 3. The molecule has 0 unspecified atom stereocenters. The topological polar surface area (TPSA) is 128 Å². The zero-order valence-corrected chi connectivity index (χ0v) is 19.2. The second kappa shape index (κ2) is 12.7. The number of rotatable bonds is 13. The van der Waals surface area contributed by atoms with E-state index in [1.165, 1.54) is 18.1 Å². The highest BCUT2D eigenvalue weighted by molar-refractivity contribution is 7.99. The van der Waals surface area contributed by atoms with Gasteiger partial charge in [0.15, 0.2) is 22.1 Å². The van der Waals surface area contributed by atoms with E-state index in [1.54, 1.807) is 5.48 Å². The summed E-state index contributed by atoms with van der Waals surface area (Å²) < 4.78 is 7.92. The summed E-state index contributed by atoms with van der Waals surface area (Å²) in [4.78, 5) is 25.1. The lowest BCUT2D eigenvalue weighted by Gasteiger charge is -2.09. The molecule has 0 aliphatic rings. The Morgan fingerprint density at radius 1 is 1.24 bits per heavy atom. The molecular formula is C23H28N6O3S. The van der Waals surface area contributed by atoms with E-state index >= 15 is 0 Å². The SMILES string of the molecule is C#CCCCn1c(Sc2cccc(OCCCCCCC(=O)NO)c2)nc2c(N)ncnc21. The maximum absolute atomic E-state index is 11.0. The normalized spacial score (nSPS) is 10.8. The molecule has 0 saturated carbocycles. The van der Waals surface area contributed by atoms with Gasteiger partial charge in [-0.05, 0) is 37.5 Å². The third-order valence-corrected chi connectivity index (χ3v) is 5.92. The Balaban J connectivity index is 1.59. The Morgan fingerprint density at radius 3 is 2.91 bits per heavy atom. The fourth-order valence-corrected chi connectivity index (χ4v) is 4.23. The third kappa shape index (κ3) is 7.10. The van der Waals surface area contributed by atoms with Crippen LogP contribution in [0.25, 0.3) is 11.2 Å². The van der Waals surface area contributed by atoms with Crippen molar-refractivity contribution in [2.45, 2.75) is 61.5 Å². The molecule has 0 spiro atoms. The minimum Gasteiger partial charge on any atom is -0.494 e. The van der Waals surface area contributed by atoms with Gasteiger partial charge < -0.3 is 15.0 Å². The fourth-order valence-electron chi connectivity index (χ4n) is 3.27. The van der Waals surface area contributed by atoms with E-state index in [1.807, 2.05) is 28.8 Å². The molecule has 0 atom stereocenters. The molecular weight excluding hydrogens is 440 g/mol. The number of aryl methyl sites for hydroxylation is 1. The van der Waals surface area contributed by atoms with Crippen molar-refractivity contribution >= 4 is 34.7 Å². The summed E-state index contributed by atoms with van der Waals surface area (Å²) in [7, 11) is 0. The number of amides is 1. The van der Waals surface area contributed by atoms with Crippen molar-refractivity contribution < 1.29 is 14.7 Å². The van der Waals surface area contributed by atoms with Gasteiger partial charge >= 0.3 is 0 Å². The fraction of sp³-hybridized carbons (Fsp3) is 0.391. The van der Waals surface area contributed by atoms with Gasteiger partial charge in [0.2, 0.25) is 5.91 Å². The molecule has 0 bridgehead atoms. The summed E-state index contributed by atoms with van der Waals surface area (Å²) in [6.07, 6.45) is 12.2. The van der Waals surface area contributed by atoms with Crippen LogP contribution >= 0.6 is 11.8 Å². The molecule has 1 amide bonds. The number of nitrogens with zero attached hydrogens (tertiary/aromatic N) is 4. The van der Waals surface area contributed by atoms with Gasteiger partial charge in [-0.2, -0.15) is 0 Å². The largest absolute Gasteiger partial charge is 0.494 e. The van der Waals surface area contributed by atoms with Crippen LogP contribution in [0.5, 0.6) is 5.75 Å². The van der Waals surface area contributed by atoms with Gasteiger partial charge in [0, 0.05) is 24.3 Å². The van der Waals surface area contributed by atoms with Gasteiger partial charge in [0.1, 0.15) is 12.1 Å². The summed E-state index contributed by atoms with van der Waals surface area (Å²) in [5.74, 6) is 3.46. The van der Waals surface area contributed by atoms with Crippen LogP contribution in [0, 0.1) is 12.3 Å². The van der Waals surface area contributed by atoms with Gasteiger partial charge in [0.25, 0.3) is 0 Å². The quantitative estimate of drug-likeness (QED) is 0.150. The highest BCUT2D eigenvalue weighted by Gasteiger charge is 2.16. The van der Waals surface area contributed by atoms with E-state index in [-0.39, 0.29) is 5.91 Å². The van der Waals surface area contributed by atoms with Crippen LogP contribution in [0.15, 0.2) is 40.6 Å². The average molecular weight is 469 g/mol. The summed E-state index contributed by atoms with van der Waals surface area (Å²) in [5.41, 5.74) is 8.94. The van der Waals surface area contributed by atoms with Crippen LogP contribution in [0.1, 0.15) is 44.9 Å². The van der Waals surface area contributed by atoms with Crippen molar-refractivity contribution in [2.24, 2.45) is 0 Å². The molecule has 0 radical (unpaired) electrons. The molecule has 4 N–H and O–H groups in total. The Labute approximate surface area is 197 Å². The molecule has 0 aliphatic carbocycles. The predicted molar refractivity (Wildman–Crippen MR) is 127 cm³/mol. The van der Waals surface area contributed by atoms with Gasteiger partial charge in [-0.3, -0.25) is 10.0 Å². The highest BCUT2D eigenvalue weighted by Crippen LogP contribution is 2.32. The zero-order chi connectivity index (χ0) is 23.5. The molecule has 1 aromatic carbocycles. The van der Waals surface area contributed by atoms with Crippen molar-refractivity contribution in [3.05, 3.63) is 30.6 Å². The van der Waals surface area contributed by atoms with Crippen molar-refractivity contribution in [1.29, 1.82) is 0 Å². The lowest BCUT2D eigenvalue weighted by Crippen LogP contribution is -2.17. The second-order valence-electron chi connectivity index (χ2n) is 7.41. The van der Waals surface area contributed by atoms with Gasteiger partial charge in [-0.25, -0.2) is 20.4 Å². The van der Waals surface area contributed by atoms with Crippen LogP contribution in [0.3, 0.4) is 0 Å². The first-order valence-electron chi connectivity index (χ1n) is 10.9. The van der Waals surface area contributed by atoms with Crippen LogP contribution in [0.4, 0.5) is 5.82 Å². The molecule has 33 heavy (non-hydrogen) atoms. The minimum absolute atomic E-state index is 0.335. The van der Waals surface area contributed by atoms with E-state index in [4.69, 9.17) is 22.1 Å². The molecule has 3 aromatic rings. The summed E-state index contributed by atoms with van der Waals surface area (Å²) in [6, 6.07) is 7.86. The van der Waals surface area contributed by atoms with Gasteiger partial charge in [-0.15, -0.1) is 12.3 Å². The number of carbonyl (C=O) groups excluding carboxylic acids is 1. The number of benzene rings is 1. The molecule has 0 fully saturated rings. The first kappa shape index (κ1) is 24.4. The van der Waals surface area contributed by atoms with E-state index in [2.05, 4.69) is 20.9 Å². The molecule has 3 rings (SSSR count). The number of nitrogens with two attached hydrogens (primary N) is 1. The number of hydrogen-bond acceptors (Lipinski definition) is 8. The summed E-state index contributed by atoms with van der Waals surface area (Å²) >= 11 is 1.51. The highest BCUT2D eigenvalue weighted by atomic mass is 32.2. The monoisotopic (exact) mass is 468 g/mol. The number of ether oxygens (including phenoxy) is 1. The van der Waals surface area contributed by atoms with Crippen molar-refractivity contribution in [3.63, 3.8) is 0 Å². The zero-order valence-electron chi connectivity index (χ0n) is 18.4. The molecule has 10 heteroatoms. The third-order valence-electron chi connectivity index (χ3n) is 4.93. The van der Waals surface area contributed by atoms with E-state index in [0.717, 1.165) is 47.9 Å². The Morgan fingerprint density at radius 2 is 2.09 bits per heavy atom. The number of imidazole rings is 1. The van der Waals surface area contributed by atoms with Crippen LogP contribution in [0.2, 0.25) is 0 Å². The van der Waals surface area contributed by atoms with Gasteiger partial charge in [-0.1, -0.05) is 30.7 Å². The van der Waals surface area contributed by atoms with Crippen LogP contribution in [-0.2, 0) is 11.3 Å². The van der Waals surface area contributed by atoms with Crippen molar-refractivity contribution in [1.82, 2.24) is 25.0 Å². The average Bonchev–Trinajstić information content (AvgIpc) is 3.17. The second-order valence-corrected chi connectivity index (χ2v) is 8.45. The smallest absolute Gasteiger partial charge is 0.243 e. The molecule has 9 nitrogen and oxygen atoms in total. The van der Waals surface area contributed by atoms with Gasteiger partial charge in [0.05, 0.1) is 6.61 Å². The summed E-state index contributed by atoms with van der Waals surface area (Å²) in [5, 5.41) is 9.26. The Bertz CT molecular complexity index is 1110. The maximum Gasteiger partial charge on any atom is 0.243 e. The van der Waals surface area contributed by atoms with E-state index in [9.17, 15) is 4.79 Å². The van der Waals surface area contributed by atoms with Crippen LogP contribution < -0.4 is 16.0 Å². The van der Waals surface area contributed by atoms with Crippen molar-refractivity contribution in [2.75, 3.05) is 12.3 Å². The Hall–Kier alpha value is -3.29. The number of hydroxylamine groups is 1. The molecule has 2 heterocycles. The minimum atomic E-state index is -0.347. The number of aromatic nitrogens is 4. The molecule has 2 aromatic heterocycles. The number of fused-ring (bicyclic) bond motifs is 1. The molecule has 174 valence electrons. The first-order chi connectivity index (χ1) is 16.1. The molecule has 0 saturated heterocycles. The summed E-state index contributed by atoms with van der Waals surface area (Å²) in [6.45, 7) is 1.28. The molecule has 0 aliphatic heterocycles. The number of anilines is 1. The number of nitrogen functional groups attached to an aromatic ring is 1. The maximum atomic E-state index is 11.0. The standard InChI is InChI=1S/C23H28N6O3S/c1-2-3-7-13-29-22-20(21(24)25-16-26-22)27-23(29)33-18-11-9-10-17(15-18)32-14-8-5-4-6-12-19(30)28-31/h1,9-11,15-16,31H,3-8,12-14H2,(H,28,30)(H2,24,25,26). The number of unbranched alkanes of at least 4 members (excludes halogenated alkanes) is 4. The lowest BCUT2D eigenvalue weighted by atomic mass is 10.1. The van der Waals surface area contributed by atoms with E-state index < -0.39 is 0 Å². The predicted octanol–water partition coefficient (Wildman–Crippen LogP) is 3.81. The number of terminal acetylenes is 1. The van der Waals surface area contributed by atoms with Crippen molar-refractivity contribution in [3.8, 4) is 18.1 Å². The van der Waals surface area contributed by atoms with E-state index in [0.29, 0.717) is 43.0 Å². The first-order valence-corrected chi connectivity index (χ1v) is 11.7. The lowest BCUT2D eigenvalue weighted by molar-refractivity contribution is -0.129. The van der Waals surface area contributed by atoms with Crippen LogP contribution in [-0.4, -0.2) is 37.2 Å².